The molecule has 0 fully saturated rings. The molecule has 0 radical (unpaired) electrons. The minimum absolute atomic E-state index is 0.0114. The summed E-state index contributed by atoms with van der Waals surface area (Å²) in [7, 11) is 0. The maximum atomic E-state index is 9.33. The molecule has 1 aromatic carbocycles. The molecule has 0 aliphatic heterocycles. The zero-order chi connectivity index (χ0) is 15.7. The zero-order valence-corrected chi connectivity index (χ0v) is 15.9. The van der Waals surface area contributed by atoms with Crippen molar-refractivity contribution in [1.82, 2.24) is 0 Å². The van der Waals surface area contributed by atoms with Gasteiger partial charge in [0.05, 0.1) is 12.6 Å². The molecule has 21 heavy (non-hydrogen) atoms. The molecule has 0 amide bonds. The second kappa shape index (κ2) is 9.79. The predicted octanol–water partition coefficient (Wildman–Crippen LogP) is 5.05. The number of halogens is 1. The third-order valence-electron chi connectivity index (χ3n) is 3.56. The molecule has 4 heteroatoms. The van der Waals surface area contributed by atoms with E-state index in [4.69, 9.17) is 10.9 Å². The van der Waals surface area contributed by atoms with Gasteiger partial charge in [-0.05, 0) is 57.8 Å². The molecule has 0 aliphatic carbocycles. The molecule has 1 aromatic rings. The van der Waals surface area contributed by atoms with Gasteiger partial charge in [-0.2, -0.15) is 0 Å². The molecule has 0 spiro atoms. The first-order valence-corrected chi connectivity index (χ1v) is 11.2. The van der Waals surface area contributed by atoms with E-state index in [1.165, 1.54) is 5.56 Å². The van der Waals surface area contributed by atoms with Crippen molar-refractivity contribution in [3.05, 3.63) is 35.4 Å². The van der Waals surface area contributed by atoms with Crippen LogP contribution < -0.4 is 0 Å². The summed E-state index contributed by atoms with van der Waals surface area (Å²) in [4.78, 5) is 0. The Hall–Kier alpha value is -0.140. The predicted molar refractivity (Wildman–Crippen MR) is 99.9 cm³/mol. The van der Waals surface area contributed by atoms with Crippen LogP contribution >= 0.6 is 28.5 Å². The standard InChI is InChI=1S/C17H24IO2P/c1-4-7-14-8-5-9-15(12-14)16(20-21-18)10-6-11-17(2,3)13-19/h1,5,8-9,12,16,19,21H,6-7,10-11,13H2,2-3H3. The number of hydrogen-bond acceptors (Lipinski definition) is 2. The Labute approximate surface area is 143 Å². The van der Waals surface area contributed by atoms with Gasteiger partial charge < -0.3 is 9.63 Å². The fourth-order valence-corrected chi connectivity index (χ4v) is 3.50. The van der Waals surface area contributed by atoms with Gasteiger partial charge in [0.2, 0.25) is 0 Å². The second-order valence-electron chi connectivity index (χ2n) is 6.02. The number of hydrogen-bond donors (Lipinski definition) is 1. The summed E-state index contributed by atoms with van der Waals surface area (Å²) >= 11 is 2.26. The van der Waals surface area contributed by atoms with Gasteiger partial charge in [0.25, 0.3) is 0 Å². The molecule has 2 nitrogen and oxygen atoms in total. The molecular weight excluding hydrogens is 394 g/mol. The van der Waals surface area contributed by atoms with Gasteiger partial charge in [-0.25, -0.2) is 0 Å². The van der Waals surface area contributed by atoms with Crippen LogP contribution in [0.15, 0.2) is 24.3 Å². The molecular formula is C17H24IO2P. The van der Waals surface area contributed by atoms with E-state index >= 15 is 0 Å². The Morgan fingerprint density at radius 2 is 2.24 bits per heavy atom. The molecule has 1 rings (SSSR count). The summed E-state index contributed by atoms with van der Waals surface area (Å²) in [6.45, 7) is 4.85. The van der Waals surface area contributed by atoms with Gasteiger partial charge in [-0.15, -0.1) is 12.3 Å². The van der Waals surface area contributed by atoms with E-state index in [1.807, 2.05) is 6.07 Å². The lowest BCUT2D eigenvalue weighted by molar-refractivity contribution is 0.139. The van der Waals surface area contributed by atoms with Crippen LogP contribution in [0.4, 0.5) is 0 Å². The summed E-state index contributed by atoms with van der Waals surface area (Å²) in [5.74, 6) is 2.68. The molecule has 2 atom stereocenters. The second-order valence-corrected chi connectivity index (χ2v) is 7.74. The Morgan fingerprint density at radius 1 is 1.48 bits per heavy atom. The summed E-state index contributed by atoms with van der Waals surface area (Å²) < 4.78 is 5.91. The van der Waals surface area contributed by atoms with Crippen LogP contribution in [0.2, 0.25) is 0 Å². The molecule has 2 unspecified atom stereocenters. The number of benzene rings is 1. The van der Waals surface area contributed by atoms with Crippen LogP contribution in [-0.4, -0.2) is 11.7 Å². The van der Waals surface area contributed by atoms with E-state index in [0.717, 1.165) is 24.8 Å². The molecule has 0 aromatic heterocycles. The van der Waals surface area contributed by atoms with E-state index in [0.29, 0.717) is 12.9 Å². The van der Waals surface area contributed by atoms with Crippen LogP contribution in [0.25, 0.3) is 0 Å². The van der Waals surface area contributed by atoms with Gasteiger partial charge >= 0.3 is 0 Å². The maximum absolute atomic E-state index is 9.33. The Balaban J connectivity index is 2.68. The van der Waals surface area contributed by atoms with E-state index in [-0.39, 0.29) is 18.1 Å². The van der Waals surface area contributed by atoms with E-state index in [9.17, 15) is 5.11 Å². The summed E-state index contributed by atoms with van der Waals surface area (Å²) in [6.07, 6.45) is 9.17. The van der Waals surface area contributed by atoms with Crippen molar-refractivity contribution in [2.75, 3.05) is 6.61 Å². The largest absolute Gasteiger partial charge is 0.396 e. The first-order chi connectivity index (χ1) is 10.0. The van der Waals surface area contributed by atoms with Crippen molar-refractivity contribution in [3.63, 3.8) is 0 Å². The maximum Gasteiger partial charge on any atom is 0.0874 e. The number of aliphatic hydroxyl groups excluding tert-OH is 1. The number of aliphatic hydroxyl groups is 1. The molecule has 1 N–H and O–H groups in total. The van der Waals surface area contributed by atoms with Gasteiger partial charge in [0.1, 0.15) is 0 Å². The van der Waals surface area contributed by atoms with E-state index < -0.39 is 0 Å². The van der Waals surface area contributed by atoms with Gasteiger partial charge in [0, 0.05) is 13.0 Å². The summed E-state index contributed by atoms with van der Waals surface area (Å²) in [5, 5.41) is 9.33. The smallest absolute Gasteiger partial charge is 0.0874 e. The highest BCUT2D eigenvalue weighted by Gasteiger charge is 2.18. The first kappa shape index (κ1) is 18.9. The monoisotopic (exact) mass is 418 g/mol. The van der Waals surface area contributed by atoms with Crippen molar-refractivity contribution < 1.29 is 9.63 Å². The van der Waals surface area contributed by atoms with Crippen LogP contribution in [0.1, 0.15) is 50.3 Å². The van der Waals surface area contributed by atoms with Crippen molar-refractivity contribution >= 4 is 28.5 Å². The van der Waals surface area contributed by atoms with Crippen LogP contribution in [-0.2, 0) is 10.9 Å². The lowest BCUT2D eigenvalue weighted by atomic mass is 9.87. The van der Waals surface area contributed by atoms with E-state index in [2.05, 4.69) is 60.0 Å². The minimum atomic E-state index is -0.0114. The van der Waals surface area contributed by atoms with Crippen LogP contribution in [0, 0.1) is 17.8 Å². The highest BCUT2D eigenvalue weighted by molar-refractivity contribution is 14.2. The van der Waals surface area contributed by atoms with Crippen molar-refractivity contribution in [3.8, 4) is 12.3 Å². The zero-order valence-electron chi connectivity index (χ0n) is 12.7. The fraction of sp³-hybridized carbons (Fsp3) is 0.529. The van der Waals surface area contributed by atoms with Gasteiger partial charge in [-0.1, -0.05) is 38.1 Å². The lowest BCUT2D eigenvalue weighted by Gasteiger charge is -2.23. The number of rotatable bonds is 9. The first-order valence-electron chi connectivity index (χ1n) is 7.17. The third kappa shape index (κ3) is 7.10. The molecule has 0 aliphatic rings. The molecule has 0 bridgehead atoms. The Bertz CT molecular complexity index is 468. The van der Waals surface area contributed by atoms with Crippen molar-refractivity contribution in [1.29, 1.82) is 0 Å². The molecule has 0 heterocycles. The molecule has 116 valence electrons. The van der Waals surface area contributed by atoms with Crippen molar-refractivity contribution in [2.24, 2.45) is 5.41 Å². The fourth-order valence-electron chi connectivity index (χ4n) is 2.21. The lowest BCUT2D eigenvalue weighted by Crippen LogP contribution is -2.16. The quantitative estimate of drug-likeness (QED) is 0.346. The normalized spacial score (nSPS) is 13.5. The minimum Gasteiger partial charge on any atom is -0.396 e. The summed E-state index contributed by atoms with van der Waals surface area (Å²) in [6, 6.07) is 8.37. The Kier molecular flexibility index (Phi) is 8.82. The average Bonchev–Trinajstić information content (AvgIpc) is 2.47. The van der Waals surface area contributed by atoms with Crippen LogP contribution in [0.5, 0.6) is 0 Å². The number of terminal acetylenes is 1. The van der Waals surface area contributed by atoms with Gasteiger partial charge in [-0.3, -0.25) is 0 Å². The topological polar surface area (TPSA) is 29.5 Å². The third-order valence-corrected chi connectivity index (χ3v) is 4.70. The van der Waals surface area contributed by atoms with E-state index in [1.54, 1.807) is 0 Å². The molecule has 0 saturated heterocycles. The van der Waals surface area contributed by atoms with Crippen molar-refractivity contribution in [2.45, 2.75) is 45.6 Å². The van der Waals surface area contributed by atoms with Crippen LogP contribution in [0.3, 0.4) is 0 Å². The average molecular weight is 418 g/mol. The highest BCUT2D eigenvalue weighted by atomic mass is 127. The highest BCUT2D eigenvalue weighted by Crippen LogP contribution is 2.36. The summed E-state index contributed by atoms with van der Waals surface area (Å²) in [5.41, 5.74) is 2.35. The molecule has 0 saturated carbocycles. The van der Waals surface area contributed by atoms with Gasteiger partial charge in [0.15, 0.2) is 0 Å². The SMILES string of the molecule is C#CCc1cccc(C(CCCC(C)(C)CO)OPI)c1. The Morgan fingerprint density at radius 3 is 2.86 bits per heavy atom.